The van der Waals surface area contributed by atoms with Gasteiger partial charge < -0.3 is 19.5 Å². The molecule has 1 aromatic carbocycles. The molecule has 1 N–H and O–H groups in total. The van der Waals surface area contributed by atoms with Crippen LogP contribution in [-0.2, 0) is 14.3 Å². The van der Waals surface area contributed by atoms with Crippen LogP contribution in [0, 0.1) is 0 Å². The van der Waals surface area contributed by atoms with Crippen LogP contribution in [0.5, 0.6) is 5.75 Å². The standard InChI is InChI=1S/C19H30N2O4/c1-4-19(3,25-5-2)18(22)20-16-6-8-17(9-7-16)24-15-12-21-10-13-23-14-11-21/h6-9H,4-5,10-15H2,1-3H3,(H,20,22). The van der Waals surface area contributed by atoms with Crippen LogP contribution in [-0.4, -0.2) is 62.5 Å². The third-order valence-corrected chi connectivity index (χ3v) is 4.51. The van der Waals surface area contributed by atoms with E-state index in [0.717, 1.165) is 44.3 Å². The molecule has 0 spiro atoms. The number of ether oxygens (including phenoxy) is 3. The van der Waals surface area contributed by atoms with Crippen LogP contribution < -0.4 is 10.1 Å². The molecule has 0 aromatic heterocycles. The highest BCUT2D eigenvalue weighted by Gasteiger charge is 2.31. The maximum absolute atomic E-state index is 12.4. The molecule has 6 nitrogen and oxygen atoms in total. The molecule has 1 fully saturated rings. The van der Waals surface area contributed by atoms with E-state index in [0.29, 0.717) is 19.6 Å². The monoisotopic (exact) mass is 350 g/mol. The summed E-state index contributed by atoms with van der Waals surface area (Å²) in [6.45, 7) is 11.2. The Labute approximate surface area is 150 Å². The second-order valence-electron chi connectivity index (χ2n) is 6.30. The van der Waals surface area contributed by atoms with E-state index in [1.807, 2.05) is 45.0 Å². The van der Waals surface area contributed by atoms with E-state index in [1.165, 1.54) is 0 Å². The summed E-state index contributed by atoms with van der Waals surface area (Å²) in [5.74, 6) is 0.673. The molecule has 6 heteroatoms. The highest BCUT2D eigenvalue weighted by Crippen LogP contribution is 2.20. The van der Waals surface area contributed by atoms with E-state index in [-0.39, 0.29) is 5.91 Å². The van der Waals surface area contributed by atoms with Gasteiger partial charge >= 0.3 is 0 Å². The number of hydrogen-bond donors (Lipinski definition) is 1. The van der Waals surface area contributed by atoms with Crippen LogP contribution >= 0.6 is 0 Å². The third kappa shape index (κ3) is 5.99. The molecule has 0 aliphatic carbocycles. The zero-order valence-electron chi connectivity index (χ0n) is 15.5. The van der Waals surface area contributed by atoms with Gasteiger partial charge in [0.1, 0.15) is 18.0 Å². The molecule has 25 heavy (non-hydrogen) atoms. The molecule has 1 saturated heterocycles. The predicted molar refractivity (Wildman–Crippen MR) is 98.1 cm³/mol. The molecule has 140 valence electrons. The first kappa shape index (κ1) is 19.7. The van der Waals surface area contributed by atoms with E-state index in [2.05, 4.69) is 10.2 Å². The van der Waals surface area contributed by atoms with Crippen molar-refractivity contribution in [3.05, 3.63) is 24.3 Å². The van der Waals surface area contributed by atoms with Crippen LogP contribution in [0.4, 0.5) is 5.69 Å². The first-order valence-electron chi connectivity index (χ1n) is 9.05. The largest absolute Gasteiger partial charge is 0.492 e. The average molecular weight is 350 g/mol. The Morgan fingerprint density at radius 3 is 2.52 bits per heavy atom. The van der Waals surface area contributed by atoms with Crippen molar-refractivity contribution < 1.29 is 19.0 Å². The van der Waals surface area contributed by atoms with E-state index >= 15 is 0 Å². The highest BCUT2D eigenvalue weighted by molar-refractivity contribution is 5.97. The third-order valence-electron chi connectivity index (χ3n) is 4.51. The second-order valence-corrected chi connectivity index (χ2v) is 6.30. The maximum atomic E-state index is 12.4. The van der Waals surface area contributed by atoms with Crippen molar-refractivity contribution in [2.45, 2.75) is 32.8 Å². The van der Waals surface area contributed by atoms with Crippen molar-refractivity contribution in [1.29, 1.82) is 0 Å². The van der Waals surface area contributed by atoms with Crippen molar-refractivity contribution >= 4 is 11.6 Å². The van der Waals surface area contributed by atoms with E-state index < -0.39 is 5.60 Å². The zero-order chi connectivity index (χ0) is 18.1. The number of benzene rings is 1. The van der Waals surface area contributed by atoms with Crippen molar-refractivity contribution in [2.24, 2.45) is 0 Å². The van der Waals surface area contributed by atoms with Gasteiger partial charge in [-0.15, -0.1) is 0 Å². The molecular weight excluding hydrogens is 320 g/mol. The fourth-order valence-corrected chi connectivity index (χ4v) is 2.66. The summed E-state index contributed by atoms with van der Waals surface area (Å²) in [7, 11) is 0. The number of nitrogens with zero attached hydrogens (tertiary/aromatic N) is 1. The molecular formula is C19H30N2O4. The number of morpholine rings is 1. The Morgan fingerprint density at radius 1 is 1.24 bits per heavy atom. The minimum absolute atomic E-state index is 0.127. The average Bonchev–Trinajstić information content (AvgIpc) is 2.64. The molecule has 1 aliphatic heterocycles. The number of rotatable bonds is 9. The summed E-state index contributed by atoms with van der Waals surface area (Å²) < 4.78 is 16.7. The molecule has 1 amide bonds. The van der Waals surface area contributed by atoms with Crippen LogP contribution in [0.2, 0.25) is 0 Å². The summed E-state index contributed by atoms with van der Waals surface area (Å²) in [5, 5.41) is 2.91. The molecule has 1 atom stereocenters. The lowest BCUT2D eigenvalue weighted by Gasteiger charge is -2.27. The smallest absolute Gasteiger partial charge is 0.256 e. The molecule has 0 radical (unpaired) electrons. The molecule has 1 heterocycles. The fraction of sp³-hybridized carbons (Fsp3) is 0.632. The van der Waals surface area contributed by atoms with Gasteiger partial charge in [-0.3, -0.25) is 9.69 Å². The summed E-state index contributed by atoms with van der Waals surface area (Å²) in [4.78, 5) is 14.7. The van der Waals surface area contributed by atoms with Gasteiger partial charge in [0.15, 0.2) is 0 Å². The highest BCUT2D eigenvalue weighted by atomic mass is 16.5. The first-order valence-corrected chi connectivity index (χ1v) is 9.05. The Hall–Kier alpha value is -1.63. The van der Waals surface area contributed by atoms with Crippen molar-refractivity contribution in [3.8, 4) is 5.75 Å². The lowest BCUT2D eigenvalue weighted by atomic mass is 10.0. The van der Waals surface area contributed by atoms with E-state index in [4.69, 9.17) is 14.2 Å². The van der Waals surface area contributed by atoms with Gasteiger partial charge in [-0.05, 0) is 44.5 Å². The maximum Gasteiger partial charge on any atom is 0.256 e. The van der Waals surface area contributed by atoms with Gasteiger partial charge in [-0.25, -0.2) is 0 Å². The minimum atomic E-state index is -0.803. The Kier molecular flexibility index (Phi) is 7.68. The predicted octanol–water partition coefficient (Wildman–Crippen LogP) is 2.54. The number of nitrogens with one attached hydrogen (secondary N) is 1. The van der Waals surface area contributed by atoms with Gasteiger partial charge in [0.05, 0.1) is 13.2 Å². The minimum Gasteiger partial charge on any atom is -0.492 e. The van der Waals surface area contributed by atoms with Gasteiger partial charge in [0.25, 0.3) is 5.91 Å². The van der Waals surface area contributed by atoms with Gasteiger partial charge in [0, 0.05) is 31.9 Å². The number of anilines is 1. The SMILES string of the molecule is CCOC(C)(CC)C(=O)Nc1ccc(OCCN2CCOCC2)cc1. The summed E-state index contributed by atoms with van der Waals surface area (Å²) in [6, 6.07) is 7.45. The molecule has 1 aromatic rings. The van der Waals surface area contributed by atoms with Crippen LogP contribution in [0.25, 0.3) is 0 Å². The number of carbonyl (C=O) groups excluding carboxylic acids is 1. The quantitative estimate of drug-likeness (QED) is 0.742. The normalized spacial score (nSPS) is 17.7. The molecule has 1 unspecified atom stereocenters. The van der Waals surface area contributed by atoms with Crippen molar-refractivity contribution in [2.75, 3.05) is 51.4 Å². The fourth-order valence-electron chi connectivity index (χ4n) is 2.66. The Morgan fingerprint density at radius 2 is 1.92 bits per heavy atom. The molecule has 0 saturated carbocycles. The molecule has 2 rings (SSSR count). The lowest BCUT2D eigenvalue weighted by molar-refractivity contribution is -0.139. The van der Waals surface area contributed by atoms with Crippen molar-refractivity contribution in [3.63, 3.8) is 0 Å². The van der Waals surface area contributed by atoms with Crippen LogP contribution in [0.3, 0.4) is 0 Å². The van der Waals surface area contributed by atoms with Crippen LogP contribution in [0.1, 0.15) is 27.2 Å². The number of hydrogen-bond acceptors (Lipinski definition) is 5. The lowest BCUT2D eigenvalue weighted by Crippen LogP contribution is -2.42. The van der Waals surface area contributed by atoms with Gasteiger partial charge in [-0.2, -0.15) is 0 Å². The zero-order valence-corrected chi connectivity index (χ0v) is 15.5. The first-order chi connectivity index (χ1) is 12.1. The van der Waals surface area contributed by atoms with Gasteiger partial charge in [-0.1, -0.05) is 6.92 Å². The van der Waals surface area contributed by atoms with Gasteiger partial charge in [0.2, 0.25) is 0 Å². The van der Waals surface area contributed by atoms with Crippen molar-refractivity contribution in [1.82, 2.24) is 4.90 Å². The topological polar surface area (TPSA) is 60.0 Å². The number of amides is 1. The molecule has 1 aliphatic rings. The molecule has 0 bridgehead atoms. The summed E-state index contributed by atoms with van der Waals surface area (Å²) in [5.41, 5.74) is -0.0628. The Bertz CT molecular complexity index is 529. The van der Waals surface area contributed by atoms with Crippen LogP contribution in [0.15, 0.2) is 24.3 Å². The van der Waals surface area contributed by atoms with E-state index in [1.54, 1.807) is 0 Å². The van der Waals surface area contributed by atoms with E-state index in [9.17, 15) is 4.79 Å². The Balaban J connectivity index is 1.79. The summed E-state index contributed by atoms with van der Waals surface area (Å²) >= 11 is 0. The number of carbonyl (C=O) groups is 1. The second kappa shape index (κ2) is 9.75. The summed E-state index contributed by atoms with van der Waals surface area (Å²) in [6.07, 6.45) is 0.620.